The van der Waals surface area contributed by atoms with Gasteiger partial charge in [-0.25, -0.2) is 9.18 Å². The van der Waals surface area contributed by atoms with E-state index < -0.39 is 17.3 Å². The summed E-state index contributed by atoms with van der Waals surface area (Å²) in [5.41, 5.74) is -0.476. The van der Waals surface area contributed by atoms with Crippen LogP contribution in [0, 0.1) is 5.82 Å². The summed E-state index contributed by atoms with van der Waals surface area (Å²) in [6.45, 7) is 0.0952. The number of benzene rings is 1. The van der Waals surface area contributed by atoms with E-state index in [9.17, 15) is 9.18 Å². The predicted octanol–water partition coefficient (Wildman–Crippen LogP) is 1.29. The van der Waals surface area contributed by atoms with Crippen LogP contribution in [0.5, 0.6) is 5.75 Å². The van der Waals surface area contributed by atoms with Crippen molar-refractivity contribution in [1.82, 2.24) is 0 Å². The Balaban J connectivity index is 2.86. The fourth-order valence-electron chi connectivity index (χ4n) is 1.08. The number of ether oxygens (including phenoxy) is 1. The molecule has 0 saturated carbocycles. The Labute approximate surface area is 85.9 Å². The molecule has 15 heavy (non-hydrogen) atoms. The van der Waals surface area contributed by atoms with Crippen LogP contribution >= 0.6 is 0 Å². The third kappa shape index (κ3) is 2.92. The van der Waals surface area contributed by atoms with Gasteiger partial charge in [-0.3, -0.25) is 0 Å². The van der Waals surface area contributed by atoms with Gasteiger partial charge in [0.25, 0.3) is 0 Å². The molecule has 0 atom stereocenters. The quantitative estimate of drug-likeness (QED) is 0.724. The molecule has 1 rings (SSSR count). The highest BCUT2D eigenvalue weighted by Crippen LogP contribution is 2.21. The smallest absolute Gasteiger partial charge is 0.342 e. The first-order valence-electron chi connectivity index (χ1n) is 4.42. The van der Waals surface area contributed by atoms with Crippen molar-refractivity contribution >= 4 is 5.97 Å². The van der Waals surface area contributed by atoms with Crippen LogP contribution in [0.2, 0.25) is 0 Å². The molecule has 0 bridgehead atoms. The molecule has 0 radical (unpaired) electrons. The zero-order chi connectivity index (χ0) is 11.3. The number of carboxylic acid groups (broad SMARTS) is 1. The van der Waals surface area contributed by atoms with Gasteiger partial charge in [0, 0.05) is 13.0 Å². The lowest BCUT2D eigenvalue weighted by atomic mass is 10.2. The van der Waals surface area contributed by atoms with E-state index in [2.05, 4.69) is 0 Å². The summed E-state index contributed by atoms with van der Waals surface area (Å²) in [6, 6.07) is 3.81. The number of hydrogen-bond acceptors (Lipinski definition) is 3. The van der Waals surface area contributed by atoms with Gasteiger partial charge in [-0.1, -0.05) is 6.07 Å². The van der Waals surface area contributed by atoms with Gasteiger partial charge in [0.15, 0.2) is 0 Å². The number of rotatable bonds is 5. The van der Waals surface area contributed by atoms with Gasteiger partial charge in [-0.15, -0.1) is 0 Å². The van der Waals surface area contributed by atoms with Crippen molar-refractivity contribution in [1.29, 1.82) is 0 Å². The van der Waals surface area contributed by atoms with E-state index in [4.69, 9.17) is 14.9 Å². The molecule has 5 heteroatoms. The first-order valence-corrected chi connectivity index (χ1v) is 4.42. The summed E-state index contributed by atoms with van der Waals surface area (Å²) >= 11 is 0. The number of carbonyl (C=O) groups is 1. The number of aliphatic hydroxyl groups excluding tert-OH is 1. The molecule has 0 aliphatic rings. The Morgan fingerprint density at radius 3 is 2.80 bits per heavy atom. The number of halogens is 1. The summed E-state index contributed by atoms with van der Waals surface area (Å²) in [5, 5.41) is 17.2. The highest BCUT2D eigenvalue weighted by molar-refractivity contribution is 5.91. The molecule has 4 nitrogen and oxygen atoms in total. The van der Waals surface area contributed by atoms with Crippen molar-refractivity contribution in [2.45, 2.75) is 6.42 Å². The second-order valence-corrected chi connectivity index (χ2v) is 2.84. The maximum absolute atomic E-state index is 13.1. The van der Waals surface area contributed by atoms with E-state index in [1.807, 2.05) is 0 Å². The van der Waals surface area contributed by atoms with Crippen molar-refractivity contribution in [2.75, 3.05) is 13.2 Å². The number of carboxylic acids is 1. The molecule has 0 unspecified atom stereocenters. The second-order valence-electron chi connectivity index (χ2n) is 2.84. The van der Waals surface area contributed by atoms with Gasteiger partial charge in [0.1, 0.15) is 17.1 Å². The van der Waals surface area contributed by atoms with E-state index in [1.165, 1.54) is 12.1 Å². The minimum atomic E-state index is -1.37. The number of hydrogen-bond donors (Lipinski definition) is 2. The Bertz CT molecular complexity index is 351. The molecule has 1 aromatic rings. The lowest BCUT2D eigenvalue weighted by Gasteiger charge is -2.08. The first kappa shape index (κ1) is 11.5. The second kappa shape index (κ2) is 5.31. The van der Waals surface area contributed by atoms with Crippen LogP contribution in [-0.4, -0.2) is 29.4 Å². The molecular formula is C10H11FO4. The van der Waals surface area contributed by atoms with Gasteiger partial charge in [-0.2, -0.15) is 0 Å². The molecule has 0 aliphatic heterocycles. The zero-order valence-electron chi connectivity index (χ0n) is 7.94. The van der Waals surface area contributed by atoms with Crippen LogP contribution in [-0.2, 0) is 0 Å². The van der Waals surface area contributed by atoms with Crippen LogP contribution in [0.25, 0.3) is 0 Å². The topological polar surface area (TPSA) is 66.8 Å². The van der Waals surface area contributed by atoms with Gasteiger partial charge in [0.05, 0.1) is 6.61 Å². The van der Waals surface area contributed by atoms with E-state index >= 15 is 0 Å². The molecule has 0 spiro atoms. The van der Waals surface area contributed by atoms with Gasteiger partial charge >= 0.3 is 5.97 Å². The average Bonchev–Trinajstić information content (AvgIpc) is 2.17. The van der Waals surface area contributed by atoms with Gasteiger partial charge in [-0.05, 0) is 12.1 Å². The normalized spacial score (nSPS) is 10.0. The molecule has 0 amide bonds. The summed E-state index contributed by atoms with van der Waals surface area (Å²) in [6.07, 6.45) is 0.371. The molecule has 0 aromatic heterocycles. The van der Waals surface area contributed by atoms with Gasteiger partial charge < -0.3 is 14.9 Å². The summed E-state index contributed by atoms with van der Waals surface area (Å²) in [4.78, 5) is 10.7. The van der Waals surface area contributed by atoms with Crippen molar-refractivity contribution in [3.63, 3.8) is 0 Å². The van der Waals surface area contributed by atoms with E-state index in [0.717, 1.165) is 6.07 Å². The monoisotopic (exact) mass is 214 g/mol. The zero-order valence-corrected chi connectivity index (χ0v) is 7.94. The largest absolute Gasteiger partial charge is 0.492 e. The van der Waals surface area contributed by atoms with Crippen molar-refractivity contribution < 1.29 is 24.1 Å². The first-order chi connectivity index (χ1) is 7.16. The van der Waals surface area contributed by atoms with Crippen LogP contribution < -0.4 is 4.74 Å². The van der Waals surface area contributed by atoms with Crippen LogP contribution in [0.4, 0.5) is 4.39 Å². The standard InChI is InChI=1S/C10H11FO4/c11-7-3-1-4-8(9(7)10(13)14)15-6-2-5-12/h1,3-4,12H,2,5-6H2,(H,13,14). The molecule has 0 fully saturated rings. The average molecular weight is 214 g/mol. The van der Waals surface area contributed by atoms with Crippen molar-refractivity contribution in [2.24, 2.45) is 0 Å². The molecule has 0 heterocycles. The highest BCUT2D eigenvalue weighted by atomic mass is 19.1. The maximum Gasteiger partial charge on any atom is 0.342 e. The lowest BCUT2D eigenvalue weighted by molar-refractivity contribution is 0.0686. The predicted molar refractivity (Wildman–Crippen MR) is 50.6 cm³/mol. The van der Waals surface area contributed by atoms with E-state index in [1.54, 1.807) is 0 Å². The van der Waals surface area contributed by atoms with Crippen LogP contribution in [0.15, 0.2) is 18.2 Å². The fourth-order valence-corrected chi connectivity index (χ4v) is 1.08. The van der Waals surface area contributed by atoms with Crippen molar-refractivity contribution in [3.8, 4) is 5.75 Å². The molecule has 2 N–H and O–H groups in total. The SMILES string of the molecule is O=C(O)c1c(F)cccc1OCCCO. The molecule has 0 saturated heterocycles. The molecule has 1 aromatic carbocycles. The summed E-state index contributed by atoms with van der Waals surface area (Å²) < 4.78 is 18.1. The maximum atomic E-state index is 13.1. The third-order valence-corrected chi connectivity index (χ3v) is 1.75. The van der Waals surface area contributed by atoms with Gasteiger partial charge in [0.2, 0.25) is 0 Å². The molecule has 0 aliphatic carbocycles. The highest BCUT2D eigenvalue weighted by Gasteiger charge is 2.16. The van der Waals surface area contributed by atoms with Crippen molar-refractivity contribution in [3.05, 3.63) is 29.6 Å². The third-order valence-electron chi connectivity index (χ3n) is 1.75. The Kier molecular flexibility index (Phi) is 4.05. The number of aliphatic hydroxyl groups is 1. The minimum absolute atomic E-state index is 0.0176. The van der Waals surface area contributed by atoms with E-state index in [-0.39, 0.29) is 19.0 Å². The summed E-state index contributed by atoms with van der Waals surface area (Å²) in [5.74, 6) is -2.22. The number of aromatic carboxylic acids is 1. The lowest BCUT2D eigenvalue weighted by Crippen LogP contribution is -2.07. The van der Waals surface area contributed by atoms with Crippen LogP contribution in [0.3, 0.4) is 0 Å². The van der Waals surface area contributed by atoms with E-state index in [0.29, 0.717) is 6.42 Å². The Morgan fingerprint density at radius 2 is 2.20 bits per heavy atom. The fraction of sp³-hybridized carbons (Fsp3) is 0.300. The minimum Gasteiger partial charge on any atom is -0.492 e. The summed E-state index contributed by atoms with van der Waals surface area (Å²) in [7, 11) is 0. The Morgan fingerprint density at radius 1 is 1.47 bits per heavy atom. The van der Waals surface area contributed by atoms with Crippen LogP contribution in [0.1, 0.15) is 16.8 Å². The molecule has 82 valence electrons. The Hall–Kier alpha value is -1.62. The molecular weight excluding hydrogens is 203 g/mol.